The summed E-state index contributed by atoms with van der Waals surface area (Å²) < 4.78 is 11.7. The first-order valence-electron chi connectivity index (χ1n) is 8.67. The summed E-state index contributed by atoms with van der Waals surface area (Å²) in [5.74, 6) is 0.391. The standard InChI is InChI=1S/C20H22O6/c1-20(2,24)6-5-10-7-12-13-9-25-19-11(3-4-14(21)17(19)23)18(13)26-16(12)8-15(10)22/h3-4,7-8,13,18,21-24H,5-6,9H2,1-2H3/t13-,18+/m0/s1. The Bertz CT molecular complexity index is 868. The highest BCUT2D eigenvalue weighted by Crippen LogP contribution is 2.55. The van der Waals surface area contributed by atoms with Gasteiger partial charge in [0.05, 0.1) is 18.1 Å². The van der Waals surface area contributed by atoms with Crippen LogP contribution in [0, 0.1) is 0 Å². The number of rotatable bonds is 3. The van der Waals surface area contributed by atoms with E-state index in [1.807, 2.05) is 6.07 Å². The van der Waals surface area contributed by atoms with Gasteiger partial charge in [-0.3, -0.25) is 0 Å². The second-order valence-electron chi connectivity index (χ2n) is 7.64. The summed E-state index contributed by atoms with van der Waals surface area (Å²) in [4.78, 5) is 0. The summed E-state index contributed by atoms with van der Waals surface area (Å²) in [5, 5.41) is 39.9. The summed E-state index contributed by atoms with van der Waals surface area (Å²) in [6.07, 6.45) is 0.733. The van der Waals surface area contributed by atoms with Crippen molar-refractivity contribution in [1.29, 1.82) is 0 Å². The zero-order valence-corrected chi connectivity index (χ0v) is 14.7. The molecular weight excluding hydrogens is 336 g/mol. The molecule has 0 aliphatic carbocycles. The molecule has 0 unspecified atom stereocenters. The molecule has 0 radical (unpaired) electrons. The topological polar surface area (TPSA) is 99.4 Å². The Morgan fingerprint density at radius 1 is 1.08 bits per heavy atom. The minimum atomic E-state index is -0.809. The second kappa shape index (κ2) is 5.71. The smallest absolute Gasteiger partial charge is 0.200 e. The summed E-state index contributed by atoms with van der Waals surface area (Å²) in [5.41, 5.74) is 1.56. The molecule has 0 spiro atoms. The lowest BCUT2D eigenvalue weighted by molar-refractivity contribution is 0.0712. The SMILES string of the molecule is CC(C)(O)CCc1cc2c(cc1O)O[C@@H]1c3ccc(O)c(O)c3OC[C@@H]21. The van der Waals surface area contributed by atoms with Gasteiger partial charge in [-0.2, -0.15) is 0 Å². The molecule has 6 nitrogen and oxygen atoms in total. The summed E-state index contributed by atoms with van der Waals surface area (Å²) in [6.45, 7) is 3.78. The van der Waals surface area contributed by atoms with Crippen molar-refractivity contribution >= 4 is 0 Å². The van der Waals surface area contributed by atoms with E-state index in [0.717, 1.165) is 11.1 Å². The van der Waals surface area contributed by atoms with E-state index in [4.69, 9.17) is 9.47 Å². The van der Waals surface area contributed by atoms with Crippen molar-refractivity contribution in [3.8, 4) is 28.7 Å². The van der Waals surface area contributed by atoms with Gasteiger partial charge >= 0.3 is 0 Å². The van der Waals surface area contributed by atoms with E-state index in [1.54, 1.807) is 26.0 Å². The molecular formula is C20H22O6. The van der Waals surface area contributed by atoms with Crippen LogP contribution >= 0.6 is 0 Å². The molecule has 0 aromatic heterocycles. The Balaban J connectivity index is 1.68. The fraction of sp³-hybridized carbons (Fsp3) is 0.400. The van der Waals surface area contributed by atoms with Crippen LogP contribution < -0.4 is 9.47 Å². The van der Waals surface area contributed by atoms with Crippen LogP contribution in [0.1, 0.15) is 49.0 Å². The van der Waals surface area contributed by atoms with E-state index in [9.17, 15) is 20.4 Å². The molecule has 6 heteroatoms. The van der Waals surface area contributed by atoms with Crippen LogP contribution in [0.25, 0.3) is 0 Å². The normalized spacial score (nSPS) is 20.6. The van der Waals surface area contributed by atoms with Crippen LogP contribution in [-0.2, 0) is 6.42 Å². The van der Waals surface area contributed by atoms with E-state index >= 15 is 0 Å². The van der Waals surface area contributed by atoms with Gasteiger partial charge in [-0.1, -0.05) is 0 Å². The maximum Gasteiger partial charge on any atom is 0.200 e. The molecule has 2 aromatic rings. The maximum absolute atomic E-state index is 10.3. The van der Waals surface area contributed by atoms with Gasteiger partial charge < -0.3 is 29.9 Å². The Labute approximate surface area is 151 Å². The minimum absolute atomic E-state index is 0.0667. The van der Waals surface area contributed by atoms with E-state index in [0.29, 0.717) is 30.8 Å². The lowest BCUT2D eigenvalue weighted by Gasteiger charge is -2.28. The Kier molecular flexibility index (Phi) is 3.70. The molecule has 4 rings (SSSR count). The van der Waals surface area contributed by atoms with Crippen LogP contribution in [0.3, 0.4) is 0 Å². The van der Waals surface area contributed by atoms with Crippen molar-refractivity contribution in [3.05, 3.63) is 41.0 Å². The van der Waals surface area contributed by atoms with Crippen LogP contribution in [0.15, 0.2) is 24.3 Å². The van der Waals surface area contributed by atoms with Gasteiger partial charge in [0.2, 0.25) is 5.75 Å². The first kappa shape index (κ1) is 16.8. The summed E-state index contributed by atoms with van der Waals surface area (Å²) in [7, 11) is 0. The molecule has 0 bridgehead atoms. The van der Waals surface area contributed by atoms with Crippen molar-refractivity contribution < 1.29 is 29.9 Å². The Morgan fingerprint density at radius 3 is 2.58 bits per heavy atom. The number of phenolic OH excluding ortho intramolecular Hbond substituents is 3. The number of aryl methyl sites for hydroxylation is 1. The number of aliphatic hydroxyl groups is 1. The highest BCUT2D eigenvalue weighted by atomic mass is 16.5. The number of ether oxygens (including phenoxy) is 2. The summed E-state index contributed by atoms with van der Waals surface area (Å²) >= 11 is 0. The van der Waals surface area contributed by atoms with E-state index in [1.165, 1.54) is 6.07 Å². The van der Waals surface area contributed by atoms with Crippen LogP contribution in [0.2, 0.25) is 0 Å². The van der Waals surface area contributed by atoms with Gasteiger partial charge in [-0.15, -0.1) is 0 Å². The number of benzene rings is 2. The second-order valence-corrected chi connectivity index (χ2v) is 7.64. The van der Waals surface area contributed by atoms with Gasteiger partial charge in [0.25, 0.3) is 0 Å². The molecule has 2 heterocycles. The number of aromatic hydroxyl groups is 3. The van der Waals surface area contributed by atoms with Crippen molar-refractivity contribution in [2.75, 3.05) is 6.61 Å². The Morgan fingerprint density at radius 2 is 1.85 bits per heavy atom. The van der Waals surface area contributed by atoms with E-state index < -0.39 is 5.60 Å². The first-order chi connectivity index (χ1) is 12.2. The average molecular weight is 358 g/mol. The van der Waals surface area contributed by atoms with E-state index in [2.05, 4.69) is 0 Å². The largest absolute Gasteiger partial charge is 0.508 e. The predicted molar refractivity (Wildman–Crippen MR) is 94.1 cm³/mol. The van der Waals surface area contributed by atoms with Crippen molar-refractivity contribution in [3.63, 3.8) is 0 Å². The highest BCUT2D eigenvalue weighted by Gasteiger charge is 2.42. The van der Waals surface area contributed by atoms with E-state index in [-0.39, 0.29) is 35.0 Å². The lowest BCUT2D eigenvalue weighted by atomic mass is 9.87. The molecule has 2 aromatic carbocycles. The first-order valence-corrected chi connectivity index (χ1v) is 8.67. The molecule has 0 saturated heterocycles. The van der Waals surface area contributed by atoms with Crippen LogP contribution in [-0.4, -0.2) is 32.6 Å². The van der Waals surface area contributed by atoms with Gasteiger partial charge in [-0.25, -0.2) is 0 Å². The number of fused-ring (bicyclic) bond motifs is 5. The third kappa shape index (κ3) is 2.70. The fourth-order valence-corrected chi connectivity index (χ4v) is 3.63. The molecule has 0 fully saturated rings. The summed E-state index contributed by atoms with van der Waals surface area (Å²) in [6, 6.07) is 6.61. The van der Waals surface area contributed by atoms with Crippen molar-refractivity contribution in [2.45, 2.75) is 44.3 Å². The number of hydrogen-bond donors (Lipinski definition) is 4. The van der Waals surface area contributed by atoms with Crippen molar-refractivity contribution in [1.82, 2.24) is 0 Å². The van der Waals surface area contributed by atoms with Gasteiger partial charge in [-0.05, 0) is 50.5 Å². The monoisotopic (exact) mass is 358 g/mol. The number of phenols is 3. The highest BCUT2D eigenvalue weighted by molar-refractivity contribution is 5.59. The molecule has 2 aliphatic rings. The van der Waals surface area contributed by atoms with Crippen LogP contribution in [0.4, 0.5) is 0 Å². The zero-order valence-electron chi connectivity index (χ0n) is 14.7. The van der Waals surface area contributed by atoms with Gasteiger partial charge in [0, 0.05) is 17.2 Å². The number of hydrogen-bond acceptors (Lipinski definition) is 6. The Hall–Kier alpha value is -2.60. The molecule has 2 atom stereocenters. The van der Waals surface area contributed by atoms with Crippen LogP contribution in [0.5, 0.6) is 28.7 Å². The predicted octanol–water partition coefficient (Wildman–Crippen LogP) is 3.12. The third-order valence-corrected chi connectivity index (χ3v) is 5.09. The molecule has 138 valence electrons. The molecule has 0 amide bonds. The average Bonchev–Trinajstić information content (AvgIpc) is 2.92. The zero-order chi connectivity index (χ0) is 18.6. The van der Waals surface area contributed by atoms with Gasteiger partial charge in [0.1, 0.15) is 17.6 Å². The fourth-order valence-electron chi connectivity index (χ4n) is 3.63. The molecule has 2 aliphatic heterocycles. The van der Waals surface area contributed by atoms with Gasteiger partial charge in [0.15, 0.2) is 11.5 Å². The quantitative estimate of drug-likeness (QED) is 0.629. The maximum atomic E-state index is 10.3. The third-order valence-electron chi connectivity index (χ3n) is 5.09. The molecule has 4 N–H and O–H groups in total. The molecule has 26 heavy (non-hydrogen) atoms. The molecule has 0 saturated carbocycles. The minimum Gasteiger partial charge on any atom is -0.508 e. The van der Waals surface area contributed by atoms with Crippen molar-refractivity contribution in [2.24, 2.45) is 0 Å². The lowest BCUT2D eigenvalue weighted by Crippen LogP contribution is -2.23.